The SMILES string of the molecule is O=C(O)Oc1cc2cc(C#Cc3ccc(-c4ccc(Cl)cc4)cn3)ccc2s1. The Kier molecular flexibility index (Phi) is 4.98. The van der Waals surface area contributed by atoms with Crippen molar-refractivity contribution in [2.24, 2.45) is 0 Å². The molecule has 28 heavy (non-hydrogen) atoms. The molecule has 2 aromatic carbocycles. The molecule has 4 aromatic rings. The average molecular weight is 406 g/mol. The fourth-order valence-corrected chi connectivity index (χ4v) is 3.66. The summed E-state index contributed by atoms with van der Waals surface area (Å²) in [5.41, 5.74) is 3.51. The van der Waals surface area contributed by atoms with Crippen LogP contribution >= 0.6 is 22.9 Å². The van der Waals surface area contributed by atoms with Crippen LogP contribution in [0.1, 0.15) is 11.3 Å². The largest absolute Gasteiger partial charge is 0.512 e. The number of carboxylic acid groups (broad SMARTS) is 1. The maximum atomic E-state index is 10.7. The zero-order valence-corrected chi connectivity index (χ0v) is 15.9. The zero-order chi connectivity index (χ0) is 19.5. The van der Waals surface area contributed by atoms with Crippen molar-refractivity contribution >= 4 is 39.2 Å². The molecule has 0 bridgehead atoms. The summed E-state index contributed by atoms with van der Waals surface area (Å²) in [6.07, 6.45) is 0.463. The molecule has 0 saturated carbocycles. The molecule has 0 spiro atoms. The highest BCUT2D eigenvalue weighted by atomic mass is 35.5. The number of rotatable bonds is 2. The number of hydrogen-bond donors (Lipinski definition) is 1. The maximum Gasteiger partial charge on any atom is 0.512 e. The van der Waals surface area contributed by atoms with E-state index in [2.05, 4.69) is 16.8 Å². The second-order valence-electron chi connectivity index (χ2n) is 5.88. The van der Waals surface area contributed by atoms with Crippen molar-refractivity contribution < 1.29 is 14.6 Å². The second-order valence-corrected chi connectivity index (χ2v) is 7.36. The van der Waals surface area contributed by atoms with Crippen LogP contribution in [0.3, 0.4) is 0 Å². The monoisotopic (exact) mass is 405 g/mol. The number of fused-ring (bicyclic) bond motifs is 1. The molecule has 6 heteroatoms. The van der Waals surface area contributed by atoms with Gasteiger partial charge in [-0.15, -0.1) is 0 Å². The van der Waals surface area contributed by atoms with Gasteiger partial charge in [-0.2, -0.15) is 0 Å². The molecule has 0 fully saturated rings. The van der Waals surface area contributed by atoms with Crippen LogP contribution < -0.4 is 4.74 Å². The third kappa shape index (κ3) is 4.15. The Labute approximate surface area is 170 Å². The minimum atomic E-state index is -1.32. The van der Waals surface area contributed by atoms with Gasteiger partial charge in [0, 0.05) is 33.1 Å². The van der Waals surface area contributed by atoms with E-state index in [-0.39, 0.29) is 0 Å². The third-order valence-electron chi connectivity index (χ3n) is 3.96. The van der Waals surface area contributed by atoms with Gasteiger partial charge in [0.2, 0.25) is 0 Å². The van der Waals surface area contributed by atoms with E-state index < -0.39 is 6.16 Å². The highest BCUT2D eigenvalue weighted by Gasteiger charge is 2.06. The van der Waals surface area contributed by atoms with Crippen molar-refractivity contribution in [1.82, 2.24) is 4.98 Å². The van der Waals surface area contributed by atoms with Crippen LogP contribution in [0, 0.1) is 11.8 Å². The summed E-state index contributed by atoms with van der Waals surface area (Å²) in [6.45, 7) is 0. The van der Waals surface area contributed by atoms with E-state index in [1.165, 1.54) is 11.3 Å². The Hall–Kier alpha value is -3.33. The topological polar surface area (TPSA) is 59.4 Å². The molecule has 0 atom stereocenters. The summed E-state index contributed by atoms with van der Waals surface area (Å²) >= 11 is 7.19. The molecule has 1 N–H and O–H groups in total. The first kappa shape index (κ1) is 18.1. The fraction of sp³-hybridized carbons (Fsp3) is 0. The lowest BCUT2D eigenvalue weighted by Gasteiger charge is -2.01. The van der Waals surface area contributed by atoms with Crippen molar-refractivity contribution in [3.8, 4) is 28.0 Å². The van der Waals surface area contributed by atoms with E-state index in [1.54, 1.807) is 12.3 Å². The van der Waals surface area contributed by atoms with Gasteiger partial charge in [-0.1, -0.05) is 47.1 Å². The summed E-state index contributed by atoms with van der Waals surface area (Å²) in [6, 6.07) is 18.8. The quantitative estimate of drug-likeness (QED) is 0.324. The lowest BCUT2D eigenvalue weighted by molar-refractivity contribution is 0.146. The Morgan fingerprint density at radius 1 is 1.00 bits per heavy atom. The van der Waals surface area contributed by atoms with Gasteiger partial charge >= 0.3 is 6.16 Å². The molecule has 0 unspecified atom stereocenters. The average Bonchev–Trinajstić information content (AvgIpc) is 3.08. The Bertz CT molecular complexity index is 1220. The zero-order valence-electron chi connectivity index (χ0n) is 14.3. The van der Waals surface area contributed by atoms with Gasteiger partial charge in [0.05, 0.1) is 0 Å². The standard InChI is InChI=1S/C22H12ClNO3S/c23-18-6-3-15(4-7-18)16-5-9-19(24-13-16)8-1-14-2-10-20-17(11-14)12-21(28-20)27-22(25)26/h2-7,9-13H,(H,25,26). The van der Waals surface area contributed by atoms with Gasteiger partial charge in [0.25, 0.3) is 0 Å². The molecule has 136 valence electrons. The van der Waals surface area contributed by atoms with E-state index in [4.69, 9.17) is 21.4 Å². The number of ether oxygens (including phenoxy) is 1. The van der Waals surface area contributed by atoms with Crippen LogP contribution in [0.4, 0.5) is 4.79 Å². The molecule has 0 radical (unpaired) electrons. The number of carbonyl (C=O) groups is 1. The second kappa shape index (κ2) is 7.73. The van der Waals surface area contributed by atoms with E-state index >= 15 is 0 Å². The minimum absolute atomic E-state index is 0.340. The van der Waals surface area contributed by atoms with Crippen LogP contribution in [0.5, 0.6) is 5.06 Å². The molecule has 4 rings (SSSR count). The van der Waals surface area contributed by atoms with E-state index in [0.717, 1.165) is 26.8 Å². The summed E-state index contributed by atoms with van der Waals surface area (Å²) in [5, 5.41) is 10.6. The smallest absolute Gasteiger partial charge is 0.449 e. The number of thiophene rings is 1. The van der Waals surface area contributed by atoms with Crippen molar-refractivity contribution in [2.75, 3.05) is 0 Å². The van der Waals surface area contributed by atoms with Crippen LogP contribution in [0.25, 0.3) is 21.2 Å². The minimum Gasteiger partial charge on any atom is -0.449 e. The molecule has 0 amide bonds. The molecule has 0 aliphatic rings. The first-order valence-electron chi connectivity index (χ1n) is 8.25. The number of aromatic nitrogens is 1. The fourth-order valence-electron chi connectivity index (χ4n) is 2.65. The van der Waals surface area contributed by atoms with Gasteiger partial charge in [0.15, 0.2) is 5.06 Å². The lowest BCUT2D eigenvalue weighted by Crippen LogP contribution is -2.00. The van der Waals surface area contributed by atoms with Crippen molar-refractivity contribution in [1.29, 1.82) is 0 Å². The van der Waals surface area contributed by atoms with Crippen LogP contribution in [-0.4, -0.2) is 16.2 Å². The molecule has 0 aliphatic heterocycles. The Balaban J connectivity index is 1.54. The summed E-state index contributed by atoms with van der Waals surface area (Å²) in [5.74, 6) is 6.14. The predicted molar refractivity (Wildman–Crippen MR) is 111 cm³/mol. The molecule has 0 aliphatic carbocycles. The molecule has 2 heterocycles. The van der Waals surface area contributed by atoms with Crippen LogP contribution in [-0.2, 0) is 0 Å². The van der Waals surface area contributed by atoms with Crippen LogP contribution in [0.15, 0.2) is 66.9 Å². The van der Waals surface area contributed by atoms with E-state index in [0.29, 0.717) is 15.8 Å². The molecule has 4 nitrogen and oxygen atoms in total. The first-order valence-corrected chi connectivity index (χ1v) is 9.45. The summed E-state index contributed by atoms with van der Waals surface area (Å²) in [4.78, 5) is 15.1. The molecular weight excluding hydrogens is 394 g/mol. The van der Waals surface area contributed by atoms with Gasteiger partial charge in [-0.05, 0) is 53.3 Å². The number of nitrogens with zero attached hydrogens (tertiary/aromatic N) is 1. The summed E-state index contributed by atoms with van der Waals surface area (Å²) in [7, 11) is 0. The number of pyridine rings is 1. The van der Waals surface area contributed by atoms with Crippen LogP contribution in [0.2, 0.25) is 5.02 Å². The Morgan fingerprint density at radius 2 is 1.79 bits per heavy atom. The van der Waals surface area contributed by atoms with Gasteiger partial charge in [0.1, 0.15) is 5.69 Å². The lowest BCUT2D eigenvalue weighted by atomic mass is 10.1. The normalized spacial score (nSPS) is 10.3. The van der Waals surface area contributed by atoms with Gasteiger partial charge in [-0.3, -0.25) is 0 Å². The van der Waals surface area contributed by atoms with Crippen molar-refractivity contribution in [3.05, 3.63) is 83.1 Å². The van der Waals surface area contributed by atoms with Gasteiger partial charge in [-0.25, -0.2) is 9.78 Å². The van der Waals surface area contributed by atoms with Crippen molar-refractivity contribution in [3.63, 3.8) is 0 Å². The highest BCUT2D eigenvalue weighted by Crippen LogP contribution is 2.32. The number of hydrogen-bond acceptors (Lipinski definition) is 4. The summed E-state index contributed by atoms with van der Waals surface area (Å²) < 4.78 is 5.64. The van der Waals surface area contributed by atoms with Gasteiger partial charge < -0.3 is 9.84 Å². The maximum absolute atomic E-state index is 10.7. The predicted octanol–water partition coefficient (Wildman–Crippen LogP) is 6.07. The van der Waals surface area contributed by atoms with E-state index in [9.17, 15) is 4.79 Å². The third-order valence-corrected chi connectivity index (χ3v) is 5.20. The highest BCUT2D eigenvalue weighted by molar-refractivity contribution is 7.20. The molecule has 2 aromatic heterocycles. The Morgan fingerprint density at radius 3 is 2.50 bits per heavy atom. The van der Waals surface area contributed by atoms with E-state index in [1.807, 2.05) is 54.6 Å². The molecular formula is C22H12ClNO3S. The van der Waals surface area contributed by atoms with Crippen molar-refractivity contribution in [2.45, 2.75) is 0 Å². The number of benzene rings is 2. The first-order chi connectivity index (χ1) is 13.6. The number of halogens is 1. The molecule has 0 saturated heterocycles.